The Balaban J connectivity index is 2.26. The van der Waals surface area contributed by atoms with Crippen LogP contribution in [-0.2, 0) is 0 Å². The van der Waals surface area contributed by atoms with Gasteiger partial charge in [-0.2, -0.15) is 5.10 Å². The Kier molecular flexibility index (Phi) is 6.77. The number of furan rings is 1. The summed E-state index contributed by atoms with van der Waals surface area (Å²) in [6.45, 7) is 8.16. The number of carbonyl (C=O) groups is 1. The SMILES string of the molecule is CC(C)=CCC[C@H](C)C/C=N\NC(=O)c1ccoc1C. The van der Waals surface area contributed by atoms with Gasteiger partial charge in [-0.05, 0) is 52.0 Å². The first-order valence-corrected chi connectivity index (χ1v) is 7.00. The first kappa shape index (κ1) is 16.2. The van der Waals surface area contributed by atoms with Gasteiger partial charge in [0.15, 0.2) is 0 Å². The van der Waals surface area contributed by atoms with Crippen LogP contribution in [0.3, 0.4) is 0 Å². The van der Waals surface area contributed by atoms with Crippen LogP contribution in [0.25, 0.3) is 0 Å². The Bertz CT molecular complexity index is 482. The maximum atomic E-state index is 11.7. The minimum atomic E-state index is -0.232. The number of hydrogen-bond acceptors (Lipinski definition) is 3. The van der Waals surface area contributed by atoms with Gasteiger partial charge in [0.2, 0.25) is 0 Å². The molecule has 1 heterocycles. The number of amides is 1. The van der Waals surface area contributed by atoms with Crippen molar-refractivity contribution < 1.29 is 9.21 Å². The van der Waals surface area contributed by atoms with E-state index in [2.05, 4.69) is 37.4 Å². The molecule has 0 bridgehead atoms. The van der Waals surface area contributed by atoms with E-state index >= 15 is 0 Å². The van der Waals surface area contributed by atoms with Gasteiger partial charge in [0.1, 0.15) is 5.76 Å². The number of nitrogens with zero attached hydrogens (tertiary/aromatic N) is 1. The Hall–Kier alpha value is -1.84. The molecular weight excluding hydrogens is 252 g/mol. The highest BCUT2D eigenvalue weighted by atomic mass is 16.3. The summed E-state index contributed by atoms with van der Waals surface area (Å²) in [4.78, 5) is 11.7. The summed E-state index contributed by atoms with van der Waals surface area (Å²) in [6, 6.07) is 1.64. The lowest BCUT2D eigenvalue weighted by atomic mass is 10.0. The third-order valence-electron chi connectivity index (χ3n) is 3.08. The van der Waals surface area contributed by atoms with Crippen LogP contribution in [0.2, 0.25) is 0 Å². The molecule has 1 amide bonds. The zero-order valence-corrected chi connectivity index (χ0v) is 12.8. The van der Waals surface area contributed by atoms with E-state index in [0.717, 1.165) is 19.3 Å². The van der Waals surface area contributed by atoms with Crippen molar-refractivity contribution >= 4 is 12.1 Å². The van der Waals surface area contributed by atoms with Crippen LogP contribution in [-0.4, -0.2) is 12.1 Å². The summed E-state index contributed by atoms with van der Waals surface area (Å²) < 4.78 is 5.08. The number of nitrogens with one attached hydrogen (secondary N) is 1. The number of hydrogen-bond donors (Lipinski definition) is 1. The maximum absolute atomic E-state index is 11.7. The molecule has 0 saturated carbocycles. The first-order valence-electron chi connectivity index (χ1n) is 7.00. The molecule has 0 radical (unpaired) electrons. The number of aryl methyl sites for hydroxylation is 1. The van der Waals surface area contributed by atoms with Crippen molar-refractivity contribution in [3.05, 3.63) is 35.3 Å². The van der Waals surface area contributed by atoms with E-state index in [9.17, 15) is 4.79 Å². The molecule has 0 unspecified atom stereocenters. The highest BCUT2D eigenvalue weighted by Gasteiger charge is 2.09. The summed E-state index contributed by atoms with van der Waals surface area (Å²) in [5, 5.41) is 3.97. The molecule has 20 heavy (non-hydrogen) atoms. The quantitative estimate of drug-likeness (QED) is 0.463. The number of allylic oxidation sites excluding steroid dienone is 2. The average Bonchev–Trinajstić information content (AvgIpc) is 2.80. The molecule has 1 aromatic heterocycles. The van der Waals surface area contributed by atoms with Gasteiger partial charge in [0.05, 0.1) is 11.8 Å². The standard InChI is InChI=1S/C16H24N2O2/c1-12(2)6-5-7-13(3)8-10-17-18-16(19)15-9-11-20-14(15)4/h6,9-11,13H,5,7-8H2,1-4H3,(H,18,19)/b17-10-/t13-/m0/s1. The highest BCUT2D eigenvalue weighted by molar-refractivity contribution is 5.95. The van der Waals surface area contributed by atoms with Gasteiger partial charge >= 0.3 is 0 Å². The molecule has 1 N–H and O–H groups in total. The van der Waals surface area contributed by atoms with Crippen LogP contribution >= 0.6 is 0 Å². The molecule has 0 fully saturated rings. The van der Waals surface area contributed by atoms with Crippen LogP contribution in [0.15, 0.2) is 33.5 Å². The molecule has 0 saturated heterocycles. The molecule has 0 aliphatic carbocycles. The van der Waals surface area contributed by atoms with E-state index < -0.39 is 0 Å². The second-order valence-corrected chi connectivity index (χ2v) is 5.34. The minimum Gasteiger partial charge on any atom is -0.469 e. The zero-order chi connectivity index (χ0) is 15.0. The smallest absolute Gasteiger partial charge is 0.274 e. The van der Waals surface area contributed by atoms with Crippen LogP contribution in [0.5, 0.6) is 0 Å². The van der Waals surface area contributed by atoms with Gasteiger partial charge in [0.25, 0.3) is 5.91 Å². The van der Waals surface area contributed by atoms with Crippen molar-refractivity contribution in [3.63, 3.8) is 0 Å². The van der Waals surface area contributed by atoms with Gasteiger partial charge in [-0.25, -0.2) is 5.43 Å². The first-order chi connectivity index (χ1) is 9.50. The van der Waals surface area contributed by atoms with Crippen LogP contribution < -0.4 is 5.43 Å². The maximum Gasteiger partial charge on any atom is 0.274 e. The highest BCUT2D eigenvalue weighted by Crippen LogP contribution is 2.10. The Labute approximate surface area is 120 Å². The Morgan fingerprint density at radius 3 is 2.85 bits per heavy atom. The van der Waals surface area contributed by atoms with Crippen molar-refractivity contribution in [1.82, 2.24) is 5.43 Å². The van der Waals surface area contributed by atoms with Crippen molar-refractivity contribution in [2.24, 2.45) is 11.0 Å². The lowest BCUT2D eigenvalue weighted by Gasteiger charge is -2.05. The fourth-order valence-corrected chi connectivity index (χ4v) is 1.79. The molecule has 0 spiro atoms. The molecule has 0 aromatic carbocycles. The van der Waals surface area contributed by atoms with E-state index in [1.165, 1.54) is 11.8 Å². The van der Waals surface area contributed by atoms with Gasteiger partial charge in [-0.3, -0.25) is 4.79 Å². The average molecular weight is 276 g/mol. The summed E-state index contributed by atoms with van der Waals surface area (Å²) in [7, 11) is 0. The monoisotopic (exact) mass is 276 g/mol. The number of carbonyl (C=O) groups excluding carboxylic acids is 1. The lowest BCUT2D eigenvalue weighted by Crippen LogP contribution is -2.17. The number of hydrazone groups is 1. The van der Waals surface area contributed by atoms with Gasteiger partial charge < -0.3 is 4.42 Å². The Morgan fingerprint density at radius 1 is 1.50 bits per heavy atom. The fourth-order valence-electron chi connectivity index (χ4n) is 1.79. The molecule has 1 rings (SSSR count). The number of rotatable bonds is 7. The topological polar surface area (TPSA) is 54.6 Å². The minimum absolute atomic E-state index is 0.232. The molecule has 0 aliphatic rings. The Morgan fingerprint density at radius 2 is 2.25 bits per heavy atom. The predicted molar refractivity (Wildman–Crippen MR) is 81.8 cm³/mol. The summed E-state index contributed by atoms with van der Waals surface area (Å²) in [6.07, 6.45) is 8.60. The molecule has 1 atom stereocenters. The van der Waals surface area contributed by atoms with Crippen LogP contribution in [0, 0.1) is 12.8 Å². The third kappa shape index (κ3) is 5.87. The molecule has 0 aliphatic heterocycles. The molecule has 4 heteroatoms. The largest absolute Gasteiger partial charge is 0.469 e. The van der Waals surface area contributed by atoms with Crippen molar-refractivity contribution in [1.29, 1.82) is 0 Å². The van der Waals surface area contributed by atoms with E-state index in [1.54, 1.807) is 19.2 Å². The summed E-state index contributed by atoms with van der Waals surface area (Å²) in [5.74, 6) is 0.930. The van der Waals surface area contributed by atoms with E-state index in [1.807, 2.05) is 0 Å². The zero-order valence-electron chi connectivity index (χ0n) is 12.8. The fraction of sp³-hybridized carbons (Fsp3) is 0.500. The molecular formula is C16H24N2O2. The normalized spacial score (nSPS) is 12.4. The van der Waals surface area contributed by atoms with Gasteiger partial charge in [-0.1, -0.05) is 18.6 Å². The predicted octanol–water partition coefficient (Wildman–Crippen LogP) is 4.08. The summed E-state index contributed by atoms with van der Waals surface area (Å²) >= 11 is 0. The lowest BCUT2D eigenvalue weighted by molar-refractivity contribution is 0.0953. The van der Waals surface area contributed by atoms with Crippen LogP contribution in [0.1, 0.15) is 56.2 Å². The van der Waals surface area contributed by atoms with Crippen molar-refractivity contribution in [2.75, 3.05) is 0 Å². The van der Waals surface area contributed by atoms with Crippen LogP contribution in [0.4, 0.5) is 0 Å². The van der Waals surface area contributed by atoms with Gasteiger partial charge in [-0.15, -0.1) is 0 Å². The third-order valence-corrected chi connectivity index (χ3v) is 3.08. The second kappa shape index (κ2) is 8.35. The molecule has 110 valence electrons. The van der Waals surface area contributed by atoms with E-state index in [4.69, 9.17) is 4.42 Å². The summed E-state index contributed by atoms with van der Waals surface area (Å²) in [5.41, 5.74) is 4.40. The van der Waals surface area contributed by atoms with E-state index in [-0.39, 0.29) is 5.91 Å². The van der Waals surface area contributed by atoms with Crippen molar-refractivity contribution in [2.45, 2.75) is 47.0 Å². The molecule has 1 aromatic rings. The van der Waals surface area contributed by atoms with Gasteiger partial charge in [0, 0.05) is 6.21 Å². The second-order valence-electron chi connectivity index (χ2n) is 5.34. The van der Waals surface area contributed by atoms with Crippen molar-refractivity contribution in [3.8, 4) is 0 Å². The van der Waals surface area contributed by atoms with E-state index in [0.29, 0.717) is 17.2 Å². The molecule has 4 nitrogen and oxygen atoms in total.